The quantitative estimate of drug-likeness (QED) is 0.745. The highest BCUT2D eigenvalue weighted by Crippen LogP contribution is 2.20. The zero-order valence-corrected chi connectivity index (χ0v) is 13.6. The van der Waals surface area contributed by atoms with Crippen LogP contribution in [0.4, 0.5) is 4.39 Å². The van der Waals surface area contributed by atoms with Gasteiger partial charge >= 0.3 is 0 Å². The first-order chi connectivity index (χ1) is 11.2. The van der Waals surface area contributed by atoms with Gasteiger partial charge in [0.2, 0.25) is 0 Å². The molecule has 23 heavy (non-hydrogen) atoms. The molecule has 0 aliphatic rings. The maximum atomic E-state index is 13.0. The van der Waals surface area contributed by atoms with Crippen LogP contribution in [0, 0.1) is 11.7 Å². The zero-order chi connectivity index (χ0) is 16.5. The van der Waals surface area contributed by atoms with E-state index in [2.05, 4.69) is 19.1 Å². The van der Waals surface area contributed by atoms with Crippen LogP contribution in [0.1, 0.15) is 30.9 Å². The summed E-state index contributed by atoms with van der Waals surface area (Å²) in [4.78, 5) is 0. The number of aliphatic hydroxyl groups is 1. The number of rotatable bonds is 9. The van der Waals surface area contributed by atoms with Crippen LogP contribution in [-0.2, 0) is 17.8 Å². The van der Waals surface area contributed by atoms with Crippen LogP contribution < -0.4 is 0 Å². The van der Waals surface area contributed by atoms with Crippen LogP contribution in [-0.4, -0.2) is 17.8 Å². The molecule has 0 spiro atoms. The summed E-state index contributed by atoms with van der Waals surface area (Å²) in [5.41, 5.74) is 2.26. The molecule has 3 heteroatoms. The molecule has 0 radical (unpaired) electrons. The molecule has 2 nitrogen and oxygen atoms in total. The maximum Gasteiger partial charge on any atom is 0.123 e. The van der Waals surface area contributed by atoms with Crippen LogP contribution in [0.15, 0.2) is 54.6 Å². The van der Waals surface area contributed by atoms with Gasteiger partial charge < -0.3 is 9.84 Å². The number of ether oxygens (including phenoxy) is 1. The summed E-state index contributed by atoms with van der Waals surface area (Å²) < 4.78 is 18.9. The van der Waals surface area contributed by atoms with E-state index >= 15 is 0 Å². The molecule has 0 heterocycles. The number of halogens is 1. The Labute approximate surface area is 137 Å². The van der Waals surface area contributed by atoms with Crippen LogP contribution in [0.2, 0.25) is 0 Å². The topological polar surface area (TPSA) is 29.5 Å². The lowest BCUT2D eigenvalue weighted by molar-refractivity contribution is 0.0338. The number of aliphatic hydroxyl groups excluding tert-OH is 1. The van der Waals surface area contributed by atoms with Crippen LogP contribution in [0.3, 0.4) is 0 Å². The Hall–Kier alpha value is -1.71. The average Bonchev–Trinajstić information content (AvgIpc) is 2.56. The molecule has 0 bridgehead atoms. The van der Waals surface area contributed by atoms with E-state index in [1.807, 2.05) is 30.3 Å². The summed E-state index contributed by atoms with van der Waals surface area (Å²) in [5.74, 6) is 0.114. The fraction of sp³-hybridized carbons (Fsp3) is 0.400. The first kappa shape index (κ1) is 17.6. The monoisotopic (exact) mass is 316 g/mol. The summed E-state index contributed by atoms with van der Waals surface area (Å²) in [5, 5.41) is 9.28. The Kier molecular flexibility index (Phi) is 7.24. The molecule has 0 aliphatic carbocycles. The van der Waals surface area contributed by atoms with E-state index in [-0.39, 0.29) is 18.5 Å². The lowest BCUT2D eigenvalue weighted by Crippen LogP contribution is -2.17. The van der Waals surface area contributed by atoms with Crippen molar-refractivity contribution in [2.75, 3.05) is 6.61 Å². The number of hydrogen-bond acceptors (Lipinski definition) is 2. The van der Waals surface area contributed by atoms with Gasteiger partial charge in [-0.3, -0.25) is 0 Å². The lowest BCUT2D eigenvalue weighted by Gasteiger charge is -2.21. The summed E-state index contributed by atoms with van der Waals surface area (Å²) in [6.07, 6.45) is 2.56. The smallest absolute Gasteiger partial charge is 0.123 e. The molecule has 2 rings (SSSR count). The fourth-order valence-electron chi connectivity index (χ4n) is 2.79. The van der Waals surface area contributed by atoms with Gasteiger partial charge in [0.1, 0.15) is 5.82 Å². The second-order valence-electron chi connectivity index (χ2n) is 6.05. The van der Waals surface area contributed by atoms with Gasteiger partial charge in [-0.15, -0.1) is 0 Å². The third kappa shape index (κ3) is 6.51. The number of benzene rings is 2. The zero-order valence-electron chi connectivity index (χ0n) is 13.6. The van der Waals surface area contributed by atoms with Gasteiger partial charge in [-0.05, 0) is 55.4 Å². The summed E-state index contributed by atoms with van der Waals surface area (Å²) in [6.45, 7) is 2.83. The van der Waals surface area contributed by atoms with Crippen molar-refractivity contribution in [2.24, 2.45) is 5.92 Å². The Bertz CT molecular complexity index is 554. The number of hydrogen-bond donors (Lipinski definition) is 1. The normalized spacial score (nSPS) is 13.7. The summed E-state index contributed by atoms with van der Waals surface area (Å²) in [6, 6.07) is 16.7. The van der Waals surface area contributed by atoms with Gasteiger partial charge in [-0.1, -0.05) is 42.5 Å². The Morgan fingerprint density at radius 3 is 2.35 bits per heavy atom. The molecule has 2 aromatic rings. The molecule has 0 saturated heterocycles. The van der Waals surface area contributed by atoms with Crippen molar-refractivity contribution in [1.82, 2.24) is 0 Å². The Morgan fingerprint density at radius 2 is 1.70 bits per heavy atom. The van der Waals surface area contributed by atoms with E-state index in [0.29, 0.717) is 12.5 Å². The van der Waals surface area contributed by atoms with Crippen molar-refractivity contribution < 1.29 is 14.2 Å². The minimum Gasteiger partial charge on any atom is -0.396 e. The molecule has 0 amide bonds. The van der Waals surface area contributed by atoms with Crippen molar-refractivity contribution in [1.29, 1.82) is 0 Å². The summed E-state index contributed by atoms with van der Waals surface area (Å²) >= 11 is 0. The molecular weight excluding hydrogens is 291 g/mol. The molecule has 2 aromatic carbocycles. The van der Waals surface area contributed by atoms with Crippen molar-refractivity contribution in [3.8, 4) is 0 Å². The largest absolute Gasteiger partial charge is 0.396 e. The summed E-state index contributed by atoms with van der Waals surface area (Å²) in [7, 11) is 0. The third-order valence-electron chi connectivity index (χ3n) is 4.02. The predicted octanol–water partition coefficient (Wildman–Crippen LogP) is 4.36. The van der Waals surface area contributed by atoms with E-state index in [9.17, 15) is 9.50 Å². The lowest BCUT2D eigenvalue weighted by atomic mass is 9.91. The Balaban J connectivity index is 1.84. The molecule has 2 atom stereocenters. The van der Waals surface area contributed by atoms with Crippen molar-refractivity contribution in [2.45, 2.75) is 38.9 Å². The van der Waals surface area contributed by atoms with E-state index in [1.165, 1.54) is 12.1 Å². The van der Waals surface area contributed by atoms with Gasteiger partial charge in [-0.25, -0.2) is 4.39 Å². The van der Waals surface area contributed by atoms with Crippen molar-refractivity contribution >= 4 is 0 Å². The highest BCUT2D eigenvalue weighted by Gasteiger charge is 2.14. The van der Waals surface area contributed by atoms with E-state index in [0.717, 1.165) is 30.4 Å². The highest BCUT2D eigenvalue weighted by atomic mass is 19.1. The van der Waals surface area contributed by atoms with Gasteiger partial charge in [0.15, 0.2) is 0 Å². The molecule has 0 saturated carbocycles. The van der Waals surface area contributed by atoms with Gasteiger partial charge in [0, 0.05) is 6.61 Å². The van der Waals surface area contributed by atoms with Crippen LogP contribution >= 0.6 is 0 Å². The second-order valence-corrected chi connectivity index (χ2v) is 6.05. The maximum absolute atomic E-state index is 13.0. The first-order valence-corrected chi connectivity index (χ1v) is 8.18. The molecule has 124 valence electrons. The fourth-order valence-corrected chi connectivity index (χ4v) is 2.79. The van der Waals surface area contributed by atoms with Crippen molar-refractivity contribution in [3.63, 3.8) is 0 Å². The van der Waals surface area contributed by atoms with E-state index < -0.39 is 0 Å². The van der Waals surface area contributed by atoms with E-state index in [4.69, 9.17) is 4.74 Å². The predicted molar refractivity (Wildman–Crippen MR) is 90.6 cm³/mol. The average molecular weight is 316 g/mol. The SMILES string of the molecule is CC(CC(CCO)Cc1ccc(F)cc1)OCc1ccccc1. The minimum absolute atomic E-state index is 0.118. The molecular formula is C20H25FO2. The van der Waals surface area contributed by atoms with Crippen molar-refractivity contribution in [3.05, 3.63) is 71.5 Å². The second kappa shape index (κ2) is 9.43. The highest BCUT2D eigenvalue weighted by molar-refractivity contribution is 5.16. The third-order valence-corrected chi connectivity index (χ3v) is 4.02. The first-order valence-electron chi connectivity index (χ1n) is 8.18. The molecule has 0 fully saturated rings. The van der Waals surface area contributed by atoms with Gasteiger partial charge in [0.05, 0.1) is 12.7 Å². The standard InChI is InChI=1S/C20H25FO2/c1-16(23-15-18-5-3-2-4-6-18)13-19(11-12-22)14-17-7-9-20(21)10-8-17/h2-10,16,19,22H,11-15H2,1H3. The van der Waals surface area contributed by atoms with Gasteiger partial charge in [-0.2, -0.15) is 0 Å². The molecule has 1 N–H and O–H groups in total. The molecule has 0 aliphatic heterocycles. The van der Waals surface area contributed by atoms with Crippen LogP contribution in [0.25, 0.3) is 0 Å². The minimum atomic E-state index is -0.216. The van der Waals surface area contributed by atoms with Crippen LogP contribution in [0.5, 0.6) is 0 Å². The van der Waals surface area contributed by atoms with E-state index in [1.54, 1.807) is 0 Å². The molecule has 2 unspecified atom stereocenters. The molecule has 0 aromatic heterocycles. The Morgan fingerprint density at radius 1 is 1.00 bits per heavy atom. The van der Waals surface area contributed by atoms with Gasteiger partial charge in [0.25, 0.3) is 0 Å².